The summed E-state index contributed by atoms with van der Waals surface area (Å²) >= 11 is 0. The third-order valence-electron chi connectivity index (χ3n) is 7.05. The molecule has 9 nitrogen and oxygen atoms in total. The molecule has 0 aliphatic rings. The number of sulfonamides is 1. The van der Waals surface area contributed by atoms with Crippen LogP contribution in [0.2, 0.25) is 0 Å². The molecule has 0 bridgehead atoms. The van der Waals surface area contributed by atoms with E-state index in [1.165, 1.54) is 6.08 Å². The Kier molecular flexibility index (Phi) is 9.30. The fraction of sp³-hybridized carbons (Fsp3) is 0.182. The Hall–Kier alpha value is -4.96. The van der Waals surface area contributed by atoms with Crippen molar-refractivity contribution in [1.29, 1.82) is 0 Å². The van der Waals surface area contributed by atoms with Crippen LogP contribution in [0.3, 0.4) is 0 Å². The highest BCUT2D eigenvalue weighted by atomic mass is 32.2. The number of aromatic nitrogens is 1. The molecular formula is C33H35N5O4S. The maximum atomic E-state index is 12.1. The second-order valence-electron chi connectivity index (χ2n) is 10.3. The first-order valence-corrected chi connectivity index (χ1v) is 15.4. The molecule has 0 aliphatic heterocycles. The number of rotatable bonds is 11. The molecule has 1 aromatic heterocycles. The summed E-state index contributed by atoms with van der Waals surface area (Å²) in [6.07, 6.45) is 6.76. The number of anilines is 4. The van der Waals surface area contributed by atoms with Gasteiger partial charge in [0.05, 0.1) is 17.5 Å². The zero-order chi connectivity index (χ0) is 31.3. The van der Waals surface area contributed by atoms with Gasteiger partial charge in [-0.1, -0.05) is 30.8 Å². The van der Waals surface area contributed by atoms with Crippen LogP contribution in [0, 0.1) is 6.92 Å². The van der Waals surface area contributed by atoms with Crippen LogP contribution in [0.25, 0.3) is 28.1 Å². The minimum absolute atomic E-state index is 0.204. The normalized spacial score (nSPS) is 11.4. The van der Waals surface area contributed by atoms with Gasteiger partial charge in [-0.05, 0) is 72.2 Å². The molecule has 0 unspecified atom stereocenters. The smallest absolute Gasteiger partial charge is 0.248 e. The van der Waals surface area contributed by atoms with Gasteiger partial charge >= 0.3 is 0 Å². The second-order valence-corrected chi connectivity index (χ2v) is 12.1. The van der Waals surface area contributed by atoms with Crippen LogP contribution in [0.15, 0.2) is 85.1 Å². The van der Waals surface area contributed by atoms with E-state index in [4.69, 9.17) is 0 Å². The summed E-state index contributed by atoms with van der Waals surface area (Å²) in [4.78, 5) is 32.0. The molecule has 10 heteroatoms. The van der Waals surface area contributed by atoms with Crippen LogP contribution in [0.1, 0.15) is 11.1 Å². The van der Waals surface area contributed by atoms with E-state index in [0.717, 1.165) is 62.8 Å². The number of pyridine rings is 1. The highest BCUT2D eigenvalue weighted by Crippen LogP contribution is 2.38. The van der Waals surface area contributed by atoms with Gasteiger partial charge in [-0.15, -0.1) is 0 Å². The van der Waals surface area contributed by atoms with E-state index in [1.54, 1.807) is 31.5 Å². The Labute approximate surface area is 252 Å². The number of aldehydes is 1. The Morgan fingerprint density at radius 3 is 2.37 bits per heavy atom. The maximum Gasteiger partial charge on any atom is 0.248 e. The molecule has 0 saturated heterocycles. The number of carbonyl (C=O) groups excluding carboxylic acids is 2. The SMILES string of the molecule is C=C(CN(C)c1cc(N(C)c2c(/C=C\C=O)cnc3ccc(-c4ccc(NS(C)(=O)=O)cc4)cc23)ccc1C)C(=O)NC. The van der Waals surface area contributed by atoms with Crippen molar-refractivity contribution in [3.63, 3.8) is 0 Å². The molecule has 4 rings (SSSR count). The number of benzene rings is 3. The molecule has 0 atom stereocenters. The van der Waals surface area contributed by atoms with Crippen molar-refractivity contribution >= 4 is 61.9 Å². The van der Waals surface area contributed by atoms with Gasteiger partial charge in [0, 0.05) is 67.5 Å². The number of hydrogen-bond acceptors (Lipinski definition) is 7. The average molecular weight is 598 g/mol. The van der Waals surface area contributed by atoms with Crippen molar-refractivity contribution in [2.45, 2.75) is 6.92 Å². The first kappa shape index (κ1) is 31.0. The van der Waals surface area contributed by atoms with Gasteiger partial charge in [0.25, 0.3) is 0 Å². The minimum atomic E-state index is -3.38. The molecule has 1 heterocycles. The lowest BCUT2D eigenvalue weighted by Crippen LogP contribution is -2.29. The van der Waals surface area contributed by atoms with Gasteiger partial charge in [0.2, 0.25) is 15.9 Å². The molecule has 1 amide bonds. The molecule has 3 aromatic carbocycles. The van der Waals surface area contributed by atoms with E-state index in [9.17, 15) is 18.0 Å². The molecule has 43 heavy (non-hydrogen) atoms. The van der Waals surface area contributed by atoms with Crippen molar-refractivity contribution in [1.82, 2.24) is 10.3 Å². The predicted octanol–water partition coefficient (Wildman–Crippen LogP) is 5.30. The number of amides is 1. The third kappa shape index (κ3) is 7.28. The van der Waals surface area contributed by atoms with E-state index < -0.39 is 10.0 Å². The second kappa shape index (κ2) is 12.9. The van der Waals surface area contributed by atoms with Crippen LogP contribution >= 0.6 is 0 Å². The number of nitrogens with zero attached hydrogens (tertiary/aromatic N) is 3. The number of hydrogen-bond donors (Lipinski definition) is 2. The zero-order valence-corrected chi connectivity index (χ0v) is 25.7. The molecule has 0 aliphatic carbocycles. The summed E-state index contributed by atoms with van der Waals surface area (Å²) in [7, 11) is 2.09. The number of carbonyl (C=O) groups is 2. The Morgan fingerprint density at radius 2 is 1.72 bits per heavy atom. The van der Waals surface area contributed by atoms with E-state index >= 15 is 0 Å². The number of aryl methyl sites for hydroxylation is 1. The summed E-state index contributed by atoms with van der Waals surface area (Å²) < 4.78 is 25.7. The van der Waals surface area contributed by atoms with Gasteiger partial charge in [0.1, 0.15) is 6.29 Å². The van der Waals surface area contributed by atoms with Crippen LogP contribution in [0.4, 0.5) is 22.7 Å². The minimum Gasteiger partial charge on any atom is -0.370 e. The first-order chi connectivity index (χ1) is 20.4. The third-order valence-corrected chi connectivity index (χ3v) is 7.65. The topological polar surface area (TPSA) is 112 Å². The van der Waals surface area contributed by atoms with E-state index in [1.807, 2.05) is 68.4 Å². The van der Waals surface area contributed by atoms with E-state index in [0.29, 0.717) is 17.8 Å². The molecule has 0 radical (unpaired) electrons. The van der Waals surface area contributed by atoms with Gasteiger partial charge in [0.15, 0.2) is 0 Å². The molecule has 0 spiro atoms. The van der Waals surface area contributed by atoms with Crippen LogP contribution in [0.5, 0.6) is 0 Å². The highest BCUT2D eigenvalue weighted by Gasteiger charge is 2.17. The van der Waals surface area contributed by atoms with Gasteiger partial charge in [-0.2, -0.15) is 0 Å². The average Bonchev–Trinajstić information content (AvgIpc) is 2.98. The summed E-state index contributed by atoms with van der Waals surface area (Å²) in [5.41, 5.74) is 8.03. The molecule has 0 fully saturated rings. The quantitative estimate of drug-likeness (QED) is 0.178. The van der Waals surface area contributed by atoms with Gasteiger partial charge in [-0.3, -0.25) is 19.3 Å². The van der Waals surface area contributed by atoms with Crippen molar-refractivity contribution in [3.05, 3.63) is 96.2 Å². The van der Waals surface area contributed by atoms with Crippen molar-refractivity contribution in [3.8, 4) is 11.1 Å². The largest absolute Gasteiger partial charge is 0.370 e. The Morgan fingerprint density at radius 1 is 1.02 bits per heavy atom. The highest BCUT2D eigenvalue weighted by molar-refractivity contribution is 7.92. The fourth-order valence-electron chi connectivity index (χ4n) is 4.92. The zero-order valence-electron chi connectivity index (χ0n) is 24.9. The van der Waals surface area contributed by atoms with E-state index in [2.05, 4.69) is 32.6 Å². The van der Waals surface area contributed by atoms with Crippen molar-refractivity contribution < 1.29 is 18.0 Å². The number of allylic oxidation sites excluding steroid dienone is 1. The fourth-order valence-corrected chi connectivity index (χ4v) is 5.49. The Balaban J connectivity index is 1.80. The van der Waals surface area contributed by atoms with E-state index in [-0.39, 0.29) is 5.91 Å². The summed E-state index contributed by atoms with van der Waals surface area (Å²) in [5.74, 6) is -0.204. The summed E-state index contributed by atoms with van der Waals surface area (Å²) in [6, 6.07) is 19.2. The summed E-state index contributed by atoms with van der Waals surface area (Å²) in [6.45, 7) is 6.29. The lowest BCUT2D eigenvalue weighted by atomic mass is 10.00. The monoisotopic (exact) mass is 597 g/mol. The van der Waals surface area contributed by atoms with Crippen LogP contribution < -0.4 is 19.8 Å². The lowest BCUT2D eigenvalue weighted by molar-refractivity contribution is -0.117. The molecular weight excluding hydrogens is 562 g/mol. The van der Waals surface area contributed by atoms with Gasteiger partial charge < -0.3 is 15.1 Å². The molecule has 0 saturated carbocycles. The standard InChI is InChI=1S/C33H35N5O4S/c1-22-9-15-28(19-31(22)37(4)21-23(2)33(40)34-3)38(5)32-26(8-7-17-39)20-35-30-16-12-25(18-29(30)32)24-10-13-27(14-11-24)36-43(6,41)42/h7-20,36H,2,21H2,1,3-6H3,(H,34,40)/b8-7-. The van der Waals surface area contributed by atoms with Gasteiger partial charge in [-0.25, -0.2) is 8.42 Å². The van der Waals surface area contributed by atoms with Crippen LogP contribution in [-0.2, 0) is 19.6 Å². The molecule has 4 aromatic rings. The number of nitrogens with one attached hydrogen (secondary N) is 2. The number of fused-ring (bicyclic) bond motifs is 1. The molecule has 2 N–H and O–H groups in total. The van der Waals surface area contributed by atoms with Crippen molar-refractivity contribution in [2.75, 3.05) is 48.5 Å². The Bertz CT molecular complexity index is 1830. The maximum absolute atomic E-state index is 12.1. The lowest BCUT2D eigenvalue weighted by Gasteiger charge is -2.27. The first-order valence-electron chi connectivity index (χ1n) is 13.5. The van der Waals surface area contributed by atoms with Crippen molar-refractivity contribution in [2.24, 2.45) is 0 Å². The van der Waals surface area contributed by atoms with Crippen LogP contribution in [-0.4, -0.2) is 59.5 Å². The predicted molar refractivity (Wildman–Crippen MR) is 176 cm³/mol. The molecule has 222 valence electrons. The summed E-state index contributed by atoms with van der Waals surface area (Å²) in [5, 5.41) is 3.49. The number of likely N-dealkylation sites (N-methyl/N-ethyl adjacent to an activating group) is 2.